The number of likely N-dealkylation sites (tertiary alicyclic amines) is 1. The van der Waals surface area contributed by atoms with Gasteiger partial charge in [0.2, 0.25) is 10.0 Å². The van der Waals surface area contributed by atoms with Crippen molar-refractivity contribution in [2.45, 2.75) is 19.9 Å². The van der Waals surface area contributed by atoms with Crippen molar-refractivity contribution in [1.82, 2.24) is 9.62 Å². The second-order valence-electron chi connectivity index (χ2n) is 5.31. The second kappa shape index (κ2) is 6.52. The molecule has 0 bridgehead atoms. The molecule has 1 saturated heterocycles. The van der Waals surface area contributed by atoms with Crippen molar-refractivity contribution in [2.24, 2.45) is 5.92 Å². The van der Waals surface area contributed by atoms with Crippen molar-refractivity contribution in [3.63, 3.8) is 0 Å². The summed E-state index contributed by atoms with van der Waals surface area (Å²) in [7, 11) is -3.38. The lowest BCUT2D eigenvalue weighted by atomic mass is 10.1. The fourth-order valence-corrected chi connectivity index (χ4v) is 3.61. The number of likely N-dealkylation sites (N-methyl/N-ethyl adjacent to an activating group) is 1. The summed E-state index contributed by atoms with van der Waals surface area (Å²) in [5.41, 5.74) is 0.882. The van der Waals surface area contributed by atoms with Crippen LogP contribution in [0.2, 0.25) is 0 Å². The molecule has 2 rings (SSSR count). The lowest BCUT2D eigenvalue weighted by Gasteiger charge is -2.15. The van der Waals surface area contributed by atoms with Crippen LogP contribution in [0.4, 0.5) is 0 Å². The van der Waals surface area contributed by atoms with Crippen molar-refractivity contribution in [1.29, 1.82) is 0 Å². The molecule has 0 aliphatic carbocycles. The topological polar surface area (TPSA) is 49.4 Å². The molecule has 1 N–H and O–H groups in total. The SMILES string of the molecule is CCN1C[C@H](C)[C@H](NS(=O)(=O)/C=C\c2ccccc2)C1. The van der Waals surface area contributed by atoms with E-state index in [4.69, 9.17) is 0 Å². The van der Waals surface area contributed by atoms with Crippen LogP contribution in [0.3, 0.4) is 0 Å². The Labute approximate surface area is 121 Å². The molecule has 0 aromatic heterocycles. The molecular formula is C15H22N2O2S. The Balaban J connectivity index is 2.00. The van der Waals surface area contributed by atoms with Crippen LogP contribution in [0, 0.1) is 5.92 Å². The summed E-state index contributed by atoms with van der Waals surface area (Å²) in [6.07, 6.45) is 1.62. The number of hydrogen-bond donors (Lipinski definition) is 1. The van der Waals surface area contributed by atoms with Crippen LogP contribution in [0.5, 0.6) is 0 Å². The normalized spacial score (nSPS) is 24.5. The van der Waals surface area contributed by atoms with Crippen molar-refractivity contribution in [3.05, 3.63) is 41.3 Å². The average molecular weight is 294 g/mol. The molecule has 1 heterocycles. The smallest absolute Gasteiger partial charge is 0.234 e. The van der Waals surface area contributed by atoms with Gasteiger partial charge in [-0.25, -0.2) is 13.1 Å². The highest BCUT2D eigenvalue weighted by Gasteiger charge is 2.30. The third kappa shape index (κ3) is 4.16. The molecule has 0 saturated carbocycles. The third-order valence-corrected chi connectivity index (χ3v) is 4.82. The maximum absolute atomic E-state index is 12.1. The molecule has 110 valence electrons. The summed E-state index contributed by atoms with van der Waals surface area (Å²) < 4.78 is 27.0. The van der Waals surface area contributed by atoms with Gasteiger partial charge in [-0.05, 0) is 24.1 Å². The summed E-state index contributed by atoms with van der Waals surface area (Å²) in [4.78, 5) is 2.26. The van der Waals surface area contributed by atoms with E-state index in [0.29, 0.717) is 5.92 Å². The van der Waals surface area contributed by atoms with Crippen LogP contribution in [-0.4, -0.2) is 39.0 Å². The molecule has 1 aromatic rings. The molecular weight excluding hydrogens is 272 g/mol. The third-order valence-electron chi connectivity index (χ3n) is 3.69. The van der Waals surface area contributed by atoms with Crippen LogP contribution in [0.25, 0.3) is 6.08 Å². The number of nitrogens with zero attached hydrogens (tertiary/aromatic N) is 1. The Morgan fingerprint density at radius 1 is 1.30 bits per heavy atom. The van der Waals surface area contributed by atoms with Crippen LogP contribution in [0.1, 0.15) is 19.4 Å². The van der Waals surface area contributed by atoms with E-state index < -0.39 is 10.0 Å². The Morgan fingerprint density at radius 2 is 2.00 bits per heavy atom. The standard InChI is InChI=1S/C15H22N2O2S/c1-3-17-11-13(2)15(12-17)16-20(18,19)10-9-14-7-5-4-6-8-14/h4-10,13,15-16H,3,11-12H2,1-2H3/b10-9-/t13-,15+/m0/s1. The number of rotatable bonds is 5. The Hall–Kier alpha value is -1.17. The lowest BCUT2D eigenvalue weighted by molar-refractivity contribution is 0.344. The van der Waals surface area contributed by atoms with Gasteiger partial charge in [-0.1, -0.05) is 44.2 Å². The number of sulfonamides is 1. The maximum Gasteiger partial charge on any atom is 0.234 e. The van der Waals surface area contributed by atoms with E-state index in [1.165, 1.54) is 5.41 Å². The minimum atomic E-state index is -3.38. The van der Waals surface area contributed by atoms with Crippen molar-refractivity contribution >= 4 is 16.1 Å². The molecule has 1 aliphatic heterocycles. The predicted molar refractivity (Wildman–Crippen MR) is 82.6 cm³/mol. The fourth-order valence-electron chi connectivity index (χ4n) is 2.46. The molecule has 5 heteroatoms. The van der Waals surface area contributed by atoms with Gasteiger partial charge in [0.05, 0.1) is 0 Å². The van der Waals surface area contributed by atoms with E-state index in [-0.39, 0.29) is 6.04 Å². The second-order valence-corrected chi connectivity index (χ2v) is 6.91. The van der Waals surface area contributed by atoms with Crippen LogP contribution >= 0.6 is 0 Å². The van der Waals surface area contributed by atoms with Crippen LogP contribution in [0.15, 0.2) is 35.7 Å². The number of hydrogen-bond acceptors (Lipinski definition) is 3. The van der Waals surface area contributed by atoms with Crippen molar-refractivity contribution < 1.29 is 8.42 Å². The number of benzene rings is 1. The van der Waals surface area contributed by atoms with E-state index in [2.05, 4.69) is 23.5 Å². The lowest BCUT2D eigenvalue weighted by Crippen LogP contribution is -2.38. The molecule has 1 aliphatic rings. The first-order valence-corrected chi connectivity index (χ1v) is 8.52. The summed E-state index contributed by atoms with van der Waals surface area (Å²) >= 11 is 0. The van der Waals surface area contributed by atoms with Crippen molar-refractivity contribution in [3.8, 4) is 0 Å². The highest BCUT2D eigenvalue weighted by atomic mass is 32.2. The minimum Gasteiger partial charge on any atom is -0.302 e. The molecule has 1 fully saturated rings. The predicted octanol–water partition coefficient (Wildman–Crippen LogP) is 1.92. The van der Waals surface area contributed by atoms with Gasteiger partial charge < -0.3 is 4.90 Å². The van der Waals surface area contributed by atoms with E-state index in [1.807, 2.05) is 30.3 Å². The van der Waals surface area contributed by atoms with E-state index in [1.54, 1.807) is 6.08 Å². The molecule has 4 nitrogen and oxygen atoms in total. The summed E-state index contributed by atoms with van der Waals surface area (Å²) in [5, 5.41) is 1.25. The highest BCUT2D eigenvalue weighted by molar-refractivity contribution is 7.92. The Morgan fingerprint density at radius 3 is 2.60 bits per heavy atom. The summed E-state index contributed by atoms with van der Waals surface area (Å²) in [6, 6.07) is 9.44. The Kier molecular flexibility index (Phi) is 4.96. The van der Waals surface area contributed by atoms with E-state index >= 15 is 0 Å². The Bertz CT molecular complexity index is 554. The van der Waals surface area contributed by atoms with Gasteiger partial charge in [0.15, 0.2) is 0 Å². The zero-order valence-corrected chi connectivity index (χ0v) is 12.8. The molecule has 0 amide bonds. The largest absolute Gasteiger partial charge is 0.302 e. The first-order valence-electron chi connectivity index (χ1n) is 6.98. The van der Waals surface area contributed by atoms with Gasteiger partial charge in [0.1, 0.15) is 0 Å². The number of nitrogens with one attached hydrogen (secondary N) is 1. The highest BCUT2D eigenvalue weighted by Crippen LogP contribution is 2.17. The van der Waals surface area contributed by atoms with Gasteiger partial charge in [0.25, 0.3) is 0 Å². The van der Waals surface area contributed by atoms with Crippen molar-refractivity contribution in [2.75, 3.05) is 19.6 Å². The molecule has 0 unspecified atom stereocenters. The zero-order chi connectivity index (χ0) is 14.6. The minimum absolute atomic E-state index is 0.000346. The molecule has 0 spiro atoms. The molecule has 2 atom stereocenters. The first-order chi connectivity index (χ1) is 9.50. The quantitative estimate of drug-likeness (QED) is 0.902. The fraction of sp³-hybridized carbons (Fsp3) is 0.467. The van der Waals surface area contributed by atoms with Crippen LogP contribution < -0.4 is 4.72 Å². The summed E-state index contributed by atoms with van der Waals surface area (Å²) in [5.74, 6) is 0.342. The molecule has 0 radical (unpaired) electrons. The van der Waals surface area contributed by atoms with Gasteiger partial charge >= 0.3 is 0 Å². The van der Waals surface area contributed by atoms with E-state index in [9.17, 15) is 8.42 Å². The van der Waals surface area contributed by atoms with Gasteiger partial charge in [-0.15, -0.1) is 0 Å². The zero-order valence-electron chi connectivity index (χ0n) is 12.0. The van der Waals surface area contributed by atoms with Gasteiger partial charge in [0, 0.05) is 24.5 Å². The van der Waals surface area contributed by atoms with E-state index in [0.717, 1.165) is 25.2 Å². The van der Waals surface area contributed by atoms with Gasteiger partial charge in [-0.3, -0.25) is 0 Å². The monoisotopic (exact) mass is 294 g/mol. The maximum atomic E-state index is 12.1. The summed E-state index contributed by atoms with van der Waals surface area (Å²) in [6.45, 7) is 6.88. The molecule has 1 aromatic carbocycles. The average Bonchev–Trinajstić information content (AvgIpc) is 2.78. The van der Waals surface area contributed by atoms with Crippen LogP contribution in [-0.2, 0) is 10.0 Å². The molecule has 20 heavy (non-hydrogen) atoms. The first kappa shape index (κ1) is 15.2. The van der Waals surface area contributed by atoms with Gasteiger partial charge in [-0.2, -0.15) is 0 Å².